The molecule has 2 fully saturated rings. The third kappa shape index (κ3) is 3.34. The molecule has 2 aromatic rings. The van der Waals surface area contributed by atoms with E-state index in [9.17, 15) is 4.79 Å². The van der Waals surface area contributed by atoms with Gasteiger partial charge in [-0.2, -0.15) is 0 Å². The molecule has 8 heteroatoms. The quantitative estimate of drug-likeness (QED) is 0.846. The van der Waals surface area contributed by atoms with Gasteiger partial charge in [-0.15, -0.1) is 0 Å². The SMILES string of the molecule is CO[C@@H]1C[C@H](CNC(=O)c2conc2C2CC2)N(c2ccncn2)C1. The average molecular weight is 343 g/mol. The summed E-state index contributed by atoms with van der Waals surface area (Å²) in [4.78, 5) is 23.0. The minimum absolute atomic E-state index is 0.119. The van der Waals surface area contributed by atoms with Gasteiger partial charge >= 0.3 is 0 Å². The number of aromatic nitrogens is 3. The van der Waals surface area contributed by atoms with Crippen molar-refractivity contribution in [2.45, 2.75) is 37.3 Å². The van der Waals surface area contributed by atoms with Crippen LogP contribution in [0.2, 0.25) is 0 Å². The van der Waals surface area contributed by atoms with E-state index in [1.807, 2.05) is 6.07 Å². The Morgan fingerprint density at radius 3 is 3.08 bits per heavy atom. The first-order chi connectivity index (χ1) is 12.3. The van der Waals surface area contributed by atoms with Crippen LogP contribution >= 0.6 is 0 Å². The molecule has 0 unspecified atom stereocenters. The Morgan fingerprint density at radius 1 is 1.48 bits per heavy atom. The third-order valence-electron chi connectivity index (χ3n) is 4.87. The van der Waals surface area contributed by atoms with Crippen LogP contribution in [0.15, 0.2) is 29.4 Å². The fourth-order valence-electron chi connectivity index (χ4n) is 3.34. The standard InChI is InChI=1S/C17H21N5O3/c1-24-13-6-12(22(8-13)15-4-5-18-10-20-15)7-19-17(23)14-9-25-21-16(14)11-2-3-11/h4-5,9-13H,2-3,6-8H2,1H3,(H,19,23)/t12-,13-/m1/s1. The Hall–Kier alpha value is -2.48. The van der Waals surface area contributed by atoms with Crippen molar-refractivity contribution in [2.24, 2.45) is 0 Å². The first kappa shape index (κ1) is 16.0. The number of anilines is 1. The third-order valence-corrected chi connectivity index (χ3v) is 4.87. The number of hydrogen-bond acceptors (Lipinski definition) is 7. The van der Waals surface area contributed by atoms with Crippen molar-refractivity contribution in [2.75, 3.05) is 25.1 Å². The Kier molecular flexibility index (Phi) is 4.35. The maximum Gasteiger partial charge on any atom is 0.256 e. The van der Waals surface area contributed by atoms with Crippen LogP contribution in [0.25, 0.3) is 0 Å². The number of nitrogens with zero attached hydrogens (tertiary/aromatic N) is 4. The summed E-state index contributed by atoms with van der Waals surface area (Å²) in [5.41, 5.74) is 1.34. The zero-order valence-corrected chi connectivity index (χ0v) is 14.1. The number of rotatable bonds is 6. The highest BCUT2D eigenvalue weighted by Gasteiger charge is 2.35. The Bertz CT molecular complexity index is 731. The van der Waals surface area contributed by atoms with Gasteiger partial charge in [0.15, 0.2) is 0 Å². The van der Waals surface area contributed by atoms with Gasteiger partial charge in [0.05, 0.1) is 17.8 Å². The highest BCUT2D eigenvalue weighted by Crippen LogP contribution is 2.40. The van der Waals surface area contributed by atoms with Gasteiger partial charge in [-0.1, -0.05) is 5.16 Å². The summed E-state index contributed by atoms with van der Waals surface area (Å²) >= 11 is 0. The second kappa shape index (κ2) is 6.79. The van der Waals surface area contributed by atoms with Crippen LogP contribution in [0.5, 0.6) is 0 Å². The van der Waals surface area contributed by atoms with Gasteiger partial charge in [-0.25, -0.2) is 9.97 Å². The normalized spacial score (nSPS) is 23.0. The number of hydrogen-bond donors (Lipinski definition) is 1. The predicted octanol–water partition coefficient (Wildman–Crippen LogP) is 1.37. The molecule has 0 bridgehead atoms. The van der Waals surface area contributed by atoms with Crippen molar-refractivity contribution in [3.05, 3.63) is 36.1 Å². The second-order valence-corrected chi connectivity index (χ2v) is 6.56. The van der Waals surface area contributed by atoms with Gasteiger partial charge in [-0.3, -0.25) is 4.79 Å². The number of nitrogens with one attached hydrogen (secondary N) is 1. The molecule has 1 N–H and O–H groups in total. The van der Waals surface area contributed by atoms with Gasteiger partial charge in [0.25, 0.3) is 5.91 Å². The van der Waals surface area contributed by atoms with E-state index >= 15 is 0 Å². The van der Waals surface area contributed by atoms with E-state index < -0.39 is 0 Å². The smallest absolute Gasteiger partial charge is 0.256 e. The molecule has 2 aliphatic rings. The maximum atomic E-state index is 12.5. The number of ether oxygens (including phenoxy) is 1. The van der Waals surface area contributed by atoms with Crippen molar-refractivity contribution in [3.63, 3.8) is 0 Å². The van der Waals surface area contributed by atoms with Crippen molar-refractivity contribution in [3.8, 4) is 0 Å². The highest BCUT2D eigenvalue weighted by atomic mass is 16.5. The minimum atomic E-state index is -0.133. The van der Waals surface area contributed by atoms with Crippen molar-refractivity contribution >= 4 is 11.7 Å². The molecule has 0 radical (unpaired) electrons. The topological polar surface area (TPSA) is 93.4 Å². The second-order valence-electron chi connectivity index (χ2n) is 6.56. The minimum Gasteiger partial charge on any atom is -0.380 e. The summed E-state index contributed by atoms with van der Waals surface area (Å²) in [6.07, 6.45) is 7.80. The van der Waals surface area contributed by atoms with Crippen LogP contribution in [0, 0.1) is 0 Å². The van der Waals surface area contributed by atoms with Crippen LogP contribution < -0.4 is 10.2 Å². The molecule has 0 spiro atoms. The first-order valence-electron chi connectivity index (χ1n) is 8.54. The lowest BCUT2D eigenvalue weighted by Crippen LogP contribution is -2.40. The Balaban J connectivity index is 1.43. The summed E-state index contributed by atoms with van der Waals surface area (Å²) in [7, 11) is 1.71. The molecule has 1 aliphatic heterocycles. The molecule has 8 nitrogen and oxygen atoms in total. The van der Waals surface area contributed by atoms with E-state index in [4.69, 9.17) is 9.26 Å². The fourth-order valence-corrected chi connectivity index (χ4v) is 3.34. The van der Waals surface area contributed by atoms with Crippen LogP contribution in [-0.4, -0.2) is 53.4 Å². The molecule has 1 saturated carbocycles. The molecule has 132 valence electrons. The van der Waals surface area contributed by atoms with Crippen LogP contribution in [-0.2, 0) is 4.74 Å². The van der Waals surface area contributed by atoms with Crippen LogP contribution in [0.4, 0.5) is 5.82 Å². The van der Waals surface area contributed by atoms with Gasteiger partial charge in [0.2, 0.25) is 0 Å². The molecule has 2 atom stereocenters. The van der Waals surface area contributed by atoms with Gasteiger partial charge in [-0.05, 0) is 25.3 Å². The molecule has 1 saturated heterocycles. The van der Waals surface area contributed by atoms with E-state index in [-0.39, 0.29) is 18.1 Å². The number of methoxy groups -OCH3 is 1. The van der Waals surface area contributed by atoms with Crippen molar-refractivity contribution in [1.29, 1.82) is 0 Å². The molecule has 3 heterocycles. The van der Waals surface area contributed by atoms with Crippen molar-refractivity contribution in [1.82, 2.24) is 20.4 Å². The molecular weight excluding hydrogens is 322 g/mol. The average Bonchev–Trinajstić information content (AvgIpc) is 3.22. The van der Waals surface area contributed by atoms with Gasteiger partial charge in [0.1, 0.15) is 24.0 Å². The van der Waals surface area contributed by atoms with E-state index in [1.54, 1.807) is 13.3 Å². The highest BCUT2D eigenvalue weighted by molar-refractivity contribution is 5.95. The monoisotopic (exact) mass is 343 g/mol. The van der Waals surface area contributed by atoms with E-state index in [2.05, 4.69) is 25.3 Å². The molecule has 2 aromatic heterocycles. The summed E-state index contributed by atoms with van der Waals surface area (Å²) < 4.78 is 10.5. The molecular formula is C17H21N5O3. The van der Waals surface area contributed by atoms with Gasteiger partial charge in [0, 0.05) is 32.3 Å². The van der Waals surface area contributed by atoms with Crippen molar-refractivity contribution < 1.29 is 14.1 Å². The van der Waals surface area contributed by atoms with Crippen LogP contribution in [0.3, 0.4) is 0 Å². The summed E-state index contributed by atoms with van der Waals surface area (Å²) in [6, 6.07) is 1.99. The Labute approximate surface area is 145 Å². The van der Waals surface area contributed by atoms with Crippen LogP contribution in [0.1, 0.15) is 41.2 Å². The van der Waals surface area contributed by atoms with E-state index in [1.165, 1.54) is 12.6 Å². The molecule has 25 heavy (non-hydrogen) atoms. The lowest BCUT2D eigenvalue weighted by Gasteiger charge is -2.25. The van der Waals surface area contributed by atoms with E-state index in [0.29, 0.717) is 18.0 Å². The first-order valence-corrected chi connectivity index (χ1v) is 8.54. The summed E-state index contributed by atoms with van der Waals surface area (Å²) in [5.74, 6) is 1.09. The number of carbonyl (C=O) groups excluding carboxylic acids is 1. The molecule has 1 amide bonds. The summed E-state index contributed by atoms with van der Waals surface area (Å²) in [6.45, 7) is 1.26. The predicted molar refractivity (Wildman–Crippen MR) is 89.4 cm³/mol. The lowest BCUT2D eigenvalue weighted by atomic mass is 10.1. The van der Waals surface area contributed by atoms with E-state index in [0.717, 1.165) is 37.3 Å². The zero-order chi connectivity index (χ0) is 17.2. The fraction of sp³-hybridized carbons (Fsp3) is 0.529. The molecule has 0 aromatic carbocycles. The molecule has 1 aliphatic carbocycles. The summed E-state index contributed by atoms with van der Waals surface area (Å²) in [5, 5.41) is 7.00. The zero-order valence-electron chi connectivity index (χ0n) is 14.1. The maximum absolute atomic E-state index is 12.5. The van der Waals surface area contributed by atoms with Gasteiger partial charge < -0.3 is 19.5 Å². The Morgan fingerprint density at radius 2 is 2.36 bits per heavy atom. The lowest BCUT2D eigenvalue weighted by molar-refractivity contribution is 0.0945. The number of carbonyl (C=O) groups is 1. The largest absolute Gasteiger partial charge is 0.380 e. The number of amides is 1. The molecule has 4 rings (SSSR count).